The van der Waals surface area contributed by atoms with E-state index in [0.717, 1.165) is 5.69 Å². The second kappa shape index (κ2) is 5.46. The summed E-state index contributed by atoms with van der Waals surface area (Å²) in [5.41, 5.74) is 2.06. The van der Waals surface area contributed by atoms with E-state index in [2.05, 4.69) is 4.99 Å². The Balaban J connectivity index is 2.29. The van der Waals surface area contributed by atoms with Gasteiger partial charge in [-0.25, -0.2) is 0 Å². The van der Waals surface area contributed by atoms with Gasteiger partial charge in [0.2, 0.25) is 5.88 Å². The molecular formula is C13H14N2OS2. The predicted octanol–water partition coefficient (Wildman–Crippen LogP) is 4.06. The Bertz CT molecular complexity index is 623. The van der Waals surface area contributed by atoms with Crippen LogP contribution in [0.3, 0.4) is 0 Å². The number of aromatic hydroxyl groups is 1. The van der Waals surface area contributed by atoms with E-state index >= 15 is 0 Å². The van der Waals surface area contributed by atoms with Crippen LogP contribution in [-0.4, -0.2) is 15.9 Å². The van der Waals surface area contributed by atoms with Gasteiger partial charge in [0.1, 0.15) is 4.88 Å². The van der Waals surface area contributed by atoms with Gasteiger partial charge in [-0.3, -0.25) is 9.56 Å². The van der Waals surface area contributed by atoms with Gasteiger partial charge in [-0.05, 0) is 38.2 Å². The largest absolute Gasteiger partial charge is 0.493 e. The summed E-state index contributed by atoms with van der Waals surface area (Å²) in [7, 11) is 0. The van der Waals surface area contributed by atoms with Crippen molar-refractivity contribution in [1.29, 1.82) is 0 Å². The van der Waals surface area contributed by atoms with E-state index in [1.54, 1.807) is 10.8 Å². The maximum absolute atomic E-state index is 9.95. The van der Waals surface area contributed by atoms with Crippen molar-refractivity contribution in [2.45, 2.75) is 20.4 Å². The van der Waals surface area contributed by atoms with Crippen molar-refractivity contribution in [3.8, 4) is 5.88 Å². The van der Waals surface area contributed by atoms with E-state index in [9.17, 15) is 5.11 Å². The van der Waals surface area contributed by atoms with E-state index in [1.165, 1.54) is 16.9 Å². The second-order valence-electron chi connectivity index (χ2n) is 3.89. The Morgan fingerprint density at radius 2 is 2.06 bits per heavy atom. The highest BCUT2D eigenvalue weighted by Crippen LogP contribution is 2.24. The van der Waals surface area contributed by atoms with E-state index < -0.39 is 0 Å². The number of hydrogen-bond acceptors (Lipinski definition) is 4. The summed E-state index contributed by atoms with van der Waals surface area (Å²) in [5.74, 6) is 0.198. The van der Waals surface area contributed by atoms with Crippen LogP contribution >= 0.6 is 23.6 Å². The van der Waals surface area contributed by atoms with E-state index in [-0.39, 0.29) is 5.88 Å². The molecule has 0 radical (unpaired) electrons. The van der Waals surface area contributed by atoms with Crippen LogP contribution in [0.15, 0.2) is 29.3 Å². The standard InChI is InChI=1S/C13H14N2OS2/c1-3-15-12(16)11(18-13(15)17)8-14-10-6-4-9(2)5-7-10/h4-8,16H,3H2,1-2H3. The number of aliphatic imine (C=N–C) groups is 1. The molecule has 0 aliphatic rings. The number of thiazole rings is 1. The van der Waals surface area contributed by atoms with Crippen LogP contribution in [0, 0.1) is 10.9 Å². The predicted molar refractivity (Wildman–Crippen MR) is 78.9 cm³/mol. The molecule has 1 heterocycles. The monoisotopic (exact) mass is 278 g/mol. The van der Waals surface area contributed by atoms with Crippen LogP contribution in [0.2, 0.25) is 0 Å². The van der Waals surface area contributed by atoms with Crippen molar-refractivity contribution in [1.82, 2.24) is 4.57 Å². The number of aryl methyl sites for hydroxylation is 1. The zero-order valence-electron chi connectivity index (χ0n) is 10.3. The lowest BCUT2D eigenvalue weighted by Crippen LogP contribution is -1.92. The maximum atomic E-state index is 9.95. The number of hydrogen-bond donors (Lipinski definition) is 1. The smallest absolute Gasteiger partial charge is 0.212 e. The highest BCUT2D eigenvalue weighted by atomic mass is 32.1. The first-order valence-corrected chi connectivity index (χ1v) is 6.87. The first-order chi connectivity index (χ1) is 8.61. The SMILES string of the molecule is CCn1c(O)c(C=Nc2ccc(C)cc2)sc1=S. The molecule has 0 unspecified atom stereocenters. The molecule has 1 aromatic heterocycles. The Morgan fingerprint density at radius 1 is 1.39 bits per heavy atom. The molecule has 1 aromatic carbocycles. The average molecular weight is 278 g/mol. The molecule has 0 fully saturated rings. The molecule has 0 atom stereocenters. The number of aromatic nitrogens is 1. The summed E-state index contributed by atoms with van der Waals surface area (Å²) >= 11 is 6.53. The summed E-state index contributed by atoms with van der Waals surface area (Å²) in [6.45, 7) is 4.65. The van der Waals surface area contributed by atoms with Crippen LogP contribution in [-0.2, 0) is 6.54 Å². The summed E-state index contributed by atoms with van der Waals surface area (Å²) < 4.78 is 2.36. The fraction of sp³-hybridized carbons (Fsp3) is 0.231. The van der Waals surface area contributed by atoms with Gasteiger partial charge < -0.3 is 5.11 Å². The Hall–Kier alpha value is -1.46. The topological polar surface area (TPSA) is 37.5 Å². The Kier molecular flexibility index (Phi) is 3.93. The molecule has 0 aliphatic heterocycles. The lowest BCUT2D eigenvalue weighted by Gasteiger charge is -1.98. The first kappa shape index (κ1) is 13.0. The van der Waals surface area contributed by atoms with Crippen LogP contribution in [0.25, 0.3) is 0 Å². The molecule has 0 amide bonds. The number of nitrogens with zero attached hydrogens (tertiary/aromatic N) is 2. The molecule has 0 bridgehead atoms. The van der Waals surface area contributed by atoms with Crippen LogP contribution in [0.1, 0.15) is 17.4 Å². The van der Waals surface area contributed by atoms with Crippen molar-refractivity contribution in [2.75, 3.05) is 0 Å². The fourth-order valence-corrected chi connectivity index (χ4v) is 2.85. The first-order valence-electron chi connectivity index (χ1n) is 5.65. The van der Waals surface area contributed by atoms with Gasteiger partial charge in [-0.2, -0.15) is 0 Å². The molecule has 18 heavy (non-hydrogen) atoms. The highest BCUT2D eigenvalue weighted by molar-refractivity contribution is 7.73. The highest BCUT2D eigenvalue weighted by Gasteiger charge is 2.07. The molecule has 1 N–H and O–H groups in total. The molecule has 0 spiro atoms. The minimum Gasteiger partial charge on any atom is -0.493 e. The van der Waals surface area contributed by atoms with Gasteiger partial charge in [-0.15, -0.1) is 0 Å². The molecule has 0 saturated carbocycles. The third-order valence-corrected chi connectivity index (χ3v) is 3.95. The number of rotatable bonds is 3. The minimum atomic E-state index is 0.198. The molecule has 2 aromatic rings. The van der Waals surface area contributed by atoms with Crippen LogP contribution in [0.5, 0.6) is 5.88 Å². The van der Waals surface area contributed by atoms with Crippen LogP contribution < -0.4 is 0 Å². The van der Waals surface area contributed by atoms with Crippen molar-refractivity contribution in [3.05, 3.63) is 38.7 Å². The van der Waals surface area contributed by atoms with E-state index in [0.29, 0.717) is 15.4 Å². The molecule has 2 rings (SSSR count). The average Bonchev–Trinajstić information content (AvgIpc) is 2.63. The summed E-state index contributed by atoms with van der Waals surface area (Å²) in [4.78, 5) is 5.03. The molecule has 5 heteroatoms. The molecule has 3 nitrogen and oxygen atoms in total. The zero-order chi connectivity index (χ0) is 13.1. The van der Waals surface area contributed by atoms with E-state index in [4.69, 9.17) is 12.2 Å². The van der Waals surface area contributed by atoms with Gasteiger partial charge >= 0.3 is 0 Å². The number of benzene rings is 1. The Labute approximate surface area is 115 Å². The summed E-state index contributed by atoms with van der Waals surface area (Å²) in [6.07, 6.45) is 1.66. The van der Waals surface area contributed by atoms with Crippen LogP contribution in [0.4, 0.5) is 5.69 Å². The van der Waals surface area contributed by atoms with Gasteiger partial charge in [0.15, 0.2) is 3.95 Å². The van der Waals surface area contributed by atoms with Crippen molar-refractivity contribution < 1.29 is 5.11 Å². The van der Waals surface area contributed by atoms with Crippen molar-refractivity contribution in [2.24, 2.45) is 4.99 Å². The molecule has 94 valence electrons. The normalized spacial score (nSPS) is 11.2. The second-order valence-corrected chi connectivity index (χ2v) is 5.57. The summed E-state index contributed by atoms with van der Waals surface area (Å²) in [5, 5.41) is 9.95. The van der Waals surface area contributed by atoms with Gasteiger partial charge in [-0.1, -0.05) is 29.0 Å². The third-order valence-electron chi connectivity index (χ3n) is 2.57. The lowest BCUT2D eigenvalue weighted by atomic mass is 10.2. The van der Waals surface area contributed by atoms with E-state index in [1.807, 2.05) is 38.1 Å². The molecule has 0 aliphatic carbocycles. The molecule has 0 saturated heterocycles. The van der Waals surface area contributed by atoms with Crippen molar-refractivity contribution >= 4 is 35.5 Å². The van der Waals surface area contributed by atoms with Gasteiger partial charge in [0.05, 0.1) is 11.9 Å². The van der Waals surface area contributed by atoms with Crippen molar-refractivity contribution in [3.63, 3.8) is 0 Å². The minimum absolute atomic E-state index is 0.198. The van der Waals surface area contributed by atoms with Gasteiger partial charge in [0.25, 0.3) is 0 Å². The Morgan fingerprint density at radius 3 is 2.61 bits per heavy atom. The van der Waals surface area contributed by atoms with Gasteiger partial charge in [0, 0.05) is 6.54 Å². The summed E-state index contributed by atoms with van der Waals surface area (Å²) in [6, 6.07) is 7.90. The maximum Gasteiger partial charge on any atom is 0.212 e. The third kappa shape index (κ3) is 2.68. The lowest BCUT2D eigenvalue weighted by molar-refractivity contribution is 0.419. The quantitative estimate of drug-likeness (QED) is 0.679. The zero-order valence-corrected chi connectivity index (χ0v) is 11.9. The fourth-order valence-electron chi connectivity index (χ4n) is 1.54. The molecular weight excluding hydrogens is 264 g/mol.